The number of fused-ring (bicyclic) bond motifs is 1. The van der Waals surface area contributed by atoms with Crippen LogP contribution in [-0.2, 0) is 11.3 Å². The molecule has 0 saturated carbocycles. The second-order valence-electron chi connectivity index (χ2n) is 3.92. The minimum absolute atomic E-state index is 0.316. The predicted octanol–water partition coefficient (Wildman–Crippen LogP) is 4.56. The van der Waals surface area contributed by atoms with Crippen molar-refractivity contribution < 1.29 is 21.9 Å². The molecule has 0 saturated heterocycles. The number of rotatable bonds is 4. The lowest BCUT2D eigenvalue weighted by Gasteiger charge is -2.19. The van der Waals surface area contributed by atoms with Crippen LogP contribution in [0.2, 0.25) is 0 Å². The van der Waals surface area contributed by atoms with Gasteiger partial charge in [-0.2, -0.15) is 13.2 Å². The average Bonchev–Trinajstić information content (AvgIpc) is 2.66. The maximum atomic E-state index is 12.3. The van der Waals surface area contributed by atoms with E-state index in [2.05, 4.69) is 15.9 Å². The maximum absolute atomic E-state index is 12.3. The highest BCUT2D eigenvalue weighted by Crippen LogP contribution is 2.42. The van der Waals surface area contributed by atoms with Gasteiger partial charge in [-0.15, -0.1) is 11.3 Å². The van der Waals surface area contributed by atoms with Gasteiger partial charge in [0.1, 0.15) is 5.00 Å². The lowest BCUT2D eigenvalue weighted by Crippen LogP contribution is -2.29. The summed E-state index contributed by atoms with van der Waals surface area (Å²) in [6.07, 6.45) is -5.53. The van der Waals surface area contributed by atoms with E-state index in [1.54, 1.807) is 24.3 Å². The normalized spacial score (nSPS) is 13.7. The van der Waals surface area contributed by atoms with Crippen molar-refractivity contribution in [1.82, 2.24) is 0 Å². The monoisotopic (exact) mass is 387 g/mol. The molecule has 0 spiro atoms. The summed E-state index contributed by atoms with van der Waals surface area (Å²) in [6.45, 7) is -0.571. The first-order valence-electron chi connectivity index (χ1n) is 5.42. The zero-order valence-corrected chi connectivity index (χ0v) is 13.1. The van der Waals surface area contributed by atoms with Gasteiger partial charge in [0.2, 0.25) is 0 Å². The van der Waals surface area contributed by atoms with Gasteiger partial charge >= 0.3 is 6.18 Å². The van der Waals surface area contributed by atoms with Crippen molar-refractivity contribution in [3.8, 4) is 0 Å². The van der Waals surface area contributed by atoms with Crippen LogP contribution in [0.1, 0.15) is 6.42 Å². The number of nitrogens with zero attached hydrogens (tertiary/aromatic N) is 1. The number of hydrogen-bond acceptors (Lipinski definition) is 2. The molecule has 1 unspecified atom stereocenters. The third kappa shape index (κ3) is 3.51. The molecule has 2 aromatic rings. The van der Waals surface area contributed by atoms with Crippen LogP contribution in [0.25, 0.3) is 10.1 Å². The largest absolute Gasteiger partial charge is 0.390 e. The second-order valence-corrected chi connectivity index (χ2v) is 6.64. The van der Waals surface area contributed by atoms with E-state index in [4.69, 9.17) is 0 Å². The number of hydrogen-bond donors (Lipinski definition) is 1. The molecule has 0 fully saturated rings. The summed E-state index contributed by atoms with van der Waals surface area (Å²) >= 11 is 1.94. The van der Waals surface area contributed by atoms with Gasteiger partial charge in [0.25, 0.3) is 11.3 Å². The summed E-state index contributed by atoms with van der Waals surface area (Å²) in [5.41, 5.74) is 0. The molecular formula is C11H9BrF3NO2S2. The van der Waals surface area contributed by atoms with E-state index in [1.165, 1.54) is 11.3 Å². The van der Waals surface area contributed by atoms with Crippen LogP contribution >= 0.6 is 27.3 Å². The Morgan fingerprint density at radius 2 is 2.00 bits per heavy atom. The molecule has 20 heavy (non-hydrogen) atoms. The molecule has 1 aromatic heterocycles. The molecule has 1 heterocycles. The number of benzene rings is 1. The molecule has 0 radical (unpaired) electrons. The van der Waals surface area contributed by atoms with Crippen molar-refractivity contribution in [2.75, 3.05) is 10.8 Å². The zero-order valence-electron chi connectivity index (χ0n) is 9.85. The third-order valence-corrected chi connectivity index (χ3v) is 5.65. The van der Waals surface area contributed by atoms with Crippen molar-refractivity contribution in [2.45, 2.75) is 12.6 Å². The highest BCUT2D eigenvalue weighted by Gasteiger charge is 2.30. The Balaban J connectivity index is 2.37. The van der Waals surface area contributed by atoms with Crippen molar-refractivity contribution in [3.05, 3.63) is 28.7 Å². The van der Waals surface area contributed by atoms with E-state index in [-0.39, 0.29) is 0 Å². The van der Waals surface area contributed by atoms with Crippen LogP contribution < -0.4 is 4.31 Å². The van der Waals surface area contributed by atoms with E-state index in [1.807, 2.05) is 0 Å². The second kappa shape index (κ2) is 6.00. The highest BCUT2D eigenvalue weighted by molar-refractivity contribution is 9.10. The summed E-state index contributed by atoms with van der Waals surface area (Å²) in [5.74, 6) is 0. The van der Waals surface area contributed by atoms with Crippen LogP contribution in [0.4, 0.5) is 18.2 Å². The van der Waals surface area contributed by atoms with Gasteiger partial charge in [-0.25, -0.2) is 4.21 Å². The van der Waals surface area contributed by atoms with Gasteiger partial charge in [0.05, 0.1) is 10.9 Å². The number of anilines is 1. The van der Waals surface area contributed by atoms with Gasteiger partial charge in [0, 0.05) is 16.6 Å². The summed E-state index contributed by atoms with van der Waals surface area (Å²) in [7, 11) is 0. The molecule has 0 bridgehead atoms. The Kier molecular flexibility index (Phi) is 4.73. The number of halogens is 4. The Bertz CT molecular complexity index is 644. The van der Waals surface area contributed by atoms with Crippen molar-refractivity contribution >= 4 is 53.6 Å². The van der Waals surface area contributed by atoms with Gasteiger partial charge < -0.3 is 0 Å². The first-order valence-corrected chi connectivity index (χ1v) is 8.09. The van der Waals surface area contributed by atoms with Crippen LogP contribution in [-0.4, -0.2) is 21.5 Å². The number of thiophene rings is 1. The van der Waals surface area contributed by atoms with Crippen molar-refractivity contribution in [1.29, 1.82) is 0 Å². The Labute approximate surface area is 127 Å². The molecule has 0 aliphatic rings. The third-order valence-electron chi connectivity index (χ3n) is 2.53. The fourth-order valence-electron chi connectivity index (χ4n) is 1.64. The molecule has 3 nitrogen and oxygen atoms in total. The molecule has 1 N–H and O–H groups in total. The lowest BCUT2D eigenvalue weighted by molar-refractivity contribution is -0.131. The van der Waals surface area contributed by atoms with Gasteiger partial charge in [-0.1, -0.05) is 18.2 Å². The molecule has 0 amide bonds. The minimum Gasteiger partial charge on any atom is -0.289 e. The average molecular weight is 388 g/mol. The molecule has 0 aliphatic heterocycles. The van der Waals surface area contributed by atoms with E-state index in [9.17, 15) is 21.9 Å². The first-order chi connectivity index (χ1) is 9.29. The Hall–Kier alpha value is -0.640. The fraction of sp³-hybridized carbons (Fsp3) is 0.273. The maximum Gasteiger partial charge on any atom is 0.390 e. The van der Waals surface area contributed by atoms with Gasteiger partial charge in [0.15, 0.2) is 0 Å². The molecular weight excluding hydrogens is 379 g/mol. The smallest absolute Gasteiger partial charge is 0.289 e. The lowest BCUT2D eigenvalue weighted by atomic mass is 10.3. The van der Waals surface area contributed by atoms with Crippen LogP contribution in [0.15, 0.2) is 28.7 Å². The van der Waals surface area contributed by atoms with Crippen molar-refractivity contribution in [3.63, 3.8) is 0 Å². The zero-order chi connectivity index (χ0) is 14.9. The molecule has 110 valence electrons. The summed E-state index contributed by atoms with van der Waals surface area (Å²) in [5, 5.41) is 1.12. The highest BCUT2D eigenvalue weighted by atomic mass is 79.9. The van der Waals surface area contributed by atoms with Gasteiger partial charge in [-0.3, -0.25) is 8.86 Å². The quantitative estimate of drug-likeness (QED) is 0.781. The van der Waals surface area contributed by atoms with Gasteiger partial charge in [-0.05, 0) is 22.0 Å². The molecule has 0 aliphatic carbocycles. The molecule has 1 aromatic carbocycles. The van der Waals surface area contributed by atoms with Crippen molar-refractivity contribution in [2.24, 2.45) is 0 Å². The number of alkyl halides is 3. The summed E-state index contributed by atoms with van der Waals surface area (Å²) in [4.78, 5) is 0. The van der Waals surface area contributed by atoms with Crippen LogP contribution in [0.3, 0.4) is 0 Å². The topological polar surface area (TPSA) is 40.5 Å². The molecule has 2 rings (SSSR count). The standard InChI is InChI=1S/C11H9BrF3NO2S2/c12-9-7-3-1-2-4-8(7)19-10(9)16(20(17)18)6-5-11(13,14)15/h1-4H,5-6H2,(H,17,18). The van der Waals surface area contributed by atoms with Crippen LogP contribution in [0, 0.1) is 0 Å². The molecule has 9 heteroatoms. The van der Waals surface area contributed by atoms with E-state index in [0.29, 0.717) is 9.47 Å². The Morgan fingerprint density at radius 3 is 2.55 bits per heavy atom. The van der Waals surface area contributed by atoms with E-state index in [0.717, 1.165) is 14.4 Å². The fourth-order valence-corrected chi connectivity index (χ4v) is 4.50. The summed E-state index contributed by atoms with van der Waals surface area (Å²) in [6, 6.07) is 7.18. The SMILES string of the molecule is O=S(O)N(CCC(F)(F)F)c1sc2ccccc2c1Br. The first kappa shape index (κ1) is 15.7. The van der Waals surface area contributed by atoms with Crippen LogP contribution in [0.5, 0.6) is 0 Å². The summed E-state index contributed by atoms with van der Waals surface area (Å²) < 4.78 is 59.6. The minimum atomic E-state index is -4.37. The molecule has 1 atom stereocenters. The van der Waals surface area contributed by atoms with E-state index < -0.39 is 30.4 Å². The van der Waals surface area contributed by atoms with E-state index >= 15 is 0 Å². The predicted molar refractivity (Wildman–Crippen MR) is 78.3 cm³/mol. The Morgan fingerprint density at radius 1 is 1.35 bits per heavy atom.